The Morgan fingerprint density at radius 3 is 2.36 bits per heavy atom. The van der Waals surface area contributed by atoms with E-state index in [9.17, 15) is 8.42 Å². The average molecular weight is 395 g/mol. The minimum atomic E-state index is -3.17. The van der Waals surface area contributed by atoms with Crippen molar-refractivity contribution < 1.29 is 8.42 Å². The lowest BCUT2D eigenvalue weighted by Gasteiger charge is -2.17. The molecule has 0 unspecified atom stereocenters. The van der Waals surface area contributed by atoms with Crippen LogP contribution in [0, 0.1) is 0 Å². The number of thiocarbonyl (C=S) groups is 1. The molecule has 134 valence electrons. The summed E-state index contributed by atoms with van der Waals surface area (Å²) >= 11 is 7.09. The largest absolute Gasteiger partial charge is 0.362 e. The van der Waals surface area contributed by atoms with Crippen LogP contribution in [0.15, 0.2) is 64.4 Å². The van der Waals surface area contributed by atoms with Crippen LogP contribution in [0.4, 0.5) is 0 Å². The molecule has 0 radical (unpaired) electrons. The van der Waals surface area contributed by atoms with Crippen molar-refractivity contribution in [3.63, 3.8) is 0 Å². The fourth-order valence-corrected chi connectivity index (χ4v) is 3.88. The molecule has 4 nitrogen and oxygen atoms in total. The molecule has 2 aromatic rings. The van der Waals surface area contributed by atoms with Gasteiger partial charge in [-0.3, -0.25) is 0 Å². The number of thioether (sulfide) groups is 1. The van der Waals surface area contributed by atoms with Crippen LogP contribution < -0.4 is 10.6 Å². The number of nitrogens with one attached hydrogen (secondary N) is 2. The van der Waals surface area contributed by atoms with E-state index < -0.39 is 9.84 Å². The molecule has 2 N–H and O–H groups in total. The second-order valence-electron chi connectivity index (χ2n) is 5.62. The third-order valence-corrected chi connectivity index (χ3v) is 5.96. The molecule has 0 heterocycles. The highest BCUT2D eigenvalue weighted by Crippen LogP contribution is 2.17. The SMILES string of the molecule is C[C@H](NC(=S)NCCSc1ccccc1)c1ccc(S(C)(=O)=O)cc1. The Balaban J connectivity index is 1.76. The molecule has 0 aliphatic carbocycles. The Bertz CT molecular complexity index is 791. The molecule has 1 atom stereocenters. The van der Waals surface area contributed by atoms with Crippen molar-refractivity contribution in [2.45, 2.75) is 22.8 Å². The monoisotopic (exact) mass is 394 g/mol. The highest BCUT2D eigenvalue weighted by Gasteiger charge is 2.10. The maximum absolute atomic E-state index is 11.5. The second-order valence-corrected chi connectivity index (χ2v) is 9.22. The Morgan fingerprint density at radius 2 is 1.76 bits per heavy atom. The standard InChI is InChI=1S/C18H22N2O2S3/c1-14(15-8-10-17(11-9-15)25(2,21)22)20-18(23)19-12-13-24-16-6-4-3-5-7-16/h3-11,14H,12-13H2,1-2H3,(H2,19,20,23)/t14-/m0/s1. The van der Waals surface area contributed by atoms with E-state index in [1.165, 1.54) is 11.2 Å². The highest BCUT2D eigenvalue weighted by molar-refractivity contribution is 7.99. The molecule has 0 bridgehead atoms. The highest BCUT2D eigenvalue weighted by atomic mass is 32.2. The number of benzene rings is 2. The van der Waals surface area contributed by atoms with Crippen LogP contribution in [0.25, 0.3) is 0 Å². The Morgan fingerprint density at radius 1 is 1.12 bits per heavy atom. The third-order valence-electron chi connectivity index (χ3n) is 3.56. The first-order chi connectivity index (χ1) is 11.9. The van der Waals surface area contributed by atoms with Gasteiger partial charge in [0.15, 0.2) is 14.9 Å². The van der Waals surface area contributed by atoms with Crippen molar-refractivity contribution in [3.8, 4) is 0 Å². The lowest BCUT2D eigenvalue weighted by molar-refractivity contribution is 0.601. The van der Waals surface area contributed by atoms with Crippen molar-refractivity contribution in [2.75, 3.05) is 18.6 Å². The fourth-order valence-electron chi connectivity index (χ4n) is 2.18. The number of hydrogen-bond donors (Lipinski definition) is 2. The summed E-state index contributed by atoms with van der Waals surface area (Å²) in [6.45, 7) is 2.76. The predicted molar refractivity (Wildman–Crippen MR) is 109 cm³/mol. The normalized spacial score (nSPS) is 12.4. The van der Waals surface area contributed by atoms with Crippen LogP contribution in [-0.4, -0.2) is 32.1 Å². The summed E-state index contributed by atoms with van der Waals surface area (Å²) in [7, 11) is -3.17. The topological polar surface area (TPSA) is 58.2 Å². The number of rotatable bonds is 7. The van der Waals surface area contributed by atoms with Gasteiger partial charge in [0, 0.05) is 23.4 Å². The van der Waals surface area contributed by atoms with E-state index in [-0.39, 0.29) is 6.04 Å². The molecule has 0 saturated carbocycles. The van der Waals surface area contributed by atoms with E-state index in [4.69, 9.17) is 12.2 Å². The first-order valence-corrected chi connectivity index (χ1v) is 11.2. The molecule has 0 saturated heterocycles. The van der Waals surface area contributed by atoms with Crippen molar-refractivity contribution in [1.29, 1.82) is 0 Å². The molecule has 0 aliphatic rings. The minimum Gasteiger partial charge on any atom is -0.362 e. The van der Waals surface area contributed by atoms with E-state index in [0.29, 0.717) is 10.0 Å². The lowest BCUT2D eigenvalue weighted by atomic mass is 10.1. The summed E-state index contributed by atoms with van der Waals surface area (Å²) in [6.07, 6.45) is 1.20. The van der Waals surface area contributed by atoms with E-state index in [0.717, 1.165) is 17.9 Å². The van der Waals surface area contributed by atoms with Gasteiger partial charge in [0.25, 0.3) is 0 Å². The molecule has 25 heavy (non-hydrogen) atoms. The van der Waals surface area contributed by atoms with Crippen LogP contribution in [-0.2, 0) is 9.84 Å². The summed E-state index contributed by atoms with van der Waals surface area (Å²) in [5.41, 5.74) is 0.982. The summed E-state index contributed by atoms with van der Waals surface area (Å²) < 4.78 is 23.0. The molecule has 2 aromatic carbocycles. The first-order valence-electron chi connectivity index (χ1n) is 7.88. The molecule has 7 heteroatoms. The van der Waals surface area contributed by atoms with Gasteiger partial charge in [-0.05, 0) is 49.0 Å². The van der Waals surface area contributed by atoms with Gasteiger partial charge in [-0.1, -0.05) is 30.3 Å². The third kappa shape index (κ3) is 6.68. The maximum Gasteiger partial charge on any atom is 0.175 e. The van der Waals surface area contributed by atoms with E-state index in [2.05, 4.69) is 22.8 Å². The average Bonchev–Trinajstić information content (AvgIpc) is 2.59. The smallest absolute Gasteiger partial charge is 0.175 e. The summed E-state index contributed by atoms with van der Waals surface area (Å²) in [5, 5.41) is 7.00. The second kappa shape index (κ2) is 9.22. The van der Waals surface area contributed by atoms with E-state index >= 15 is 0 Å². The fraction of sp³-hybridized carbons (Fsp3) is 0.278. The molecule has 0 fully saturated rings. The van der Waals surface area contributed by atoms with Crippen molar-refractivity contribution in [1.82, 2.24) is 10.6 Å². The van der Waals surface area contributed by atoms with Gasteiger partial charge < -0.3 is 10.6 Å². The van der Waals surface area contributed by atoms with Crippen LogP contribution in [0.5, 0.6) is 0 Å². The van der Waals surface area contributed by atoms with Gasteiger partial charge >= 0.3 is 0 Å². The van der Waals surface area contributed by atoms with Crippen molar-refractivity contribution in [2.24, 2.45) is 0 Å². The predicted octanol–water partition coefficient (Wildman–Crippen LogP) is 3.41. The van der Waals surface area contributed by atoms with Gasteiger partial charge in [-0.2, -0.15) is 0 Å². The number of hydrogen-bond acceptors (Lipinski definition) is 4. The minimum absolute atomic E-state index is 0.00427. The molecule has 0 amide bonds. The zero-order valence-corrected chi connectivity index (χ0v) is 16.7. The molecule has 0 aliphatic heterocycles. The van der Waals surface area contributed by atoms with Crippen LogP contribution >= 0.6 is 24.0 Å². The van der Waals surface area contributed by atoms with Crippen LogP contribution in [0.3, 0.4) is 0 Å². The Hall–Kier alpha value is -1.57. The van der Waals surface area contributed by atoms with Crippen molar-refractivity contribution in [3.05, 3.63) is 60.2 Å². The summed E-state index contributed by atoms with van der Waals surface area (Å²) in [6, 6.07) is 17.1. The molecule has 2 rings (SSSR count). The van der Waals surface area contributed by atoms with E-state index in [1.807, 2.05) is 37.3 Å². The van der Waals surface area contributed by atoms with Gasteiger partial charge in [0.1, 0.15) is 0 Å². The van der Waals surface area contributed by atoms with Crippen LogP contribution in [0.1, 0.15) is 18.5 Å². The molecular formula is C18H22N2O2S3. The molecule has 0 aromatic heterocycles. The van der Waals surface area contributed by atoms with Gasteiger partial charge in [-0.15, -0.1) is 11.8 Å². The quantitative estimate of drug-likeness (QED) is 0.426. The van der Waals surface area contributed by atoms with Crippen molar-refractivity contribution >= 4 is 38.9 Å². The zero-order chi connectivity index (χ0) is 18.3. The van der Waals surface area contributed by atoms with Gasteiger partial charge in [0.05, 0.1) is 10.9 Å². The Labute approximate surface area is 159 Å². The lowest BCUT2D eigenvalue weighted by Crippen LogP contribution is -2.37. The summed E-state index contributed by atoms with van der Waals surface area (Å²) in [4.78, 5) is 1.56. The van der Waals surface area contributed by atoms with Crippen LogP contribution in [0.2, 0.25) is 0 Å². The maximum atomic E-state index is 11.5. The zero-order valence-electron chi connectivity index (χ0n) is 14.2. The number of sulfone groups is 1. The van der Waals surface area contributed by atoms with Gasteiger partial charge in [0.2, 0.25) is 0 Å². The van der Waals surface area contributed by atoms with Gasteiger partial charge in [-0.25, -0.2) is 8.42 Å². The summed E-state index contributed by atoms with van der Waals surface area (Å²) in [5.74, 6) is 0.920. The first kappa shape index (κ1) is 19.8. The molecular weight excluding hydrogens is 372 g/mol. The Kier molecular flexibility index (Phi) is 7.28. The van der Waals surface area contributed by atoms with E-state index in [1.54, 1.807) is 23.9 Å². The molecule has 0 spiro atoms.